The maximum atomic E-state index is 12.1. The van der Waals surface area contributed by atoms with Crippen LogP contribution in [0.3, 0.4) is 0 Å². The number of benzene rings is 1. The Morgan fingerprint density at radius 3 is 2.77 bits per heavy atom. The average molecular weight is 354 g/mol. The van der Waals surface area contributed by atoms with Gasteiger partial charge in [-0.2, -0.15) is 0 Å². The maximum Gasteiger partial charge on any atom is 0.338 e. The molecule has 0 atom stereocenters. The highest BCUT2D eigenvalue weighted by Crippen LogP contribution is 2.28. The first-order valence-corrected chi connectivity index (χ1v) is 9.32. The fraction of sp³-hybridized carbons (Fsp3) is 0.450. The zero-order chi connectivity index (χ0) is 18.2. The molecule has 1 aliphatic carbocycles. The van der Waals surface area contributed by atoms with Gasteiger partial charge in [0.15, 0.2) is 0 Å². The second-order valence-electron chi connectivity index (χ2n) is 6.51. The van der Waals surface area contributed by atoms with E-state index in [1.54, 1.807) is 6.20 Å². The molecular weight excluding hydrogens is 328 g/mol. The molecule has 1 heterocycles. The smallest absolute Gasteiger partial charge is 0.338 e. The minimum Gasteiger partial charge on any atom is -0.462 e. The zero-order valence-corrected chi connectivity index (χ0v) is 15.2. The van der Waals surface area contributed by atoms with Crippen molar-refractivity contribution in [2.24, 2.45) is 0 Å². The summed E-state index contributed by atoms with van der Waals surface area (Å²) < 4.78 is 5.13. The summed E-state index contributed by atoms with van der Waals surface area (Å²) in [6, 6.07) is 7.99. The fourth-order valence-electron chi connectivity index (χ4n) is 3.23. The summed E-state index contributed by atoms with van der Waals surface area (Å²) in [6.07, 6.45) is 9.48. The molecule has 0 radical (unpaired) electrons. The van der Waals surface area contributed by atoms with Crippen LogP contribution < -0.4 is 10.6 Å². The van der Waals surface area contributed by atoms with Crippen molar-refractivity contribution < 1.29 is 9.53 Å². The summed E-state index contributed by atoms with van der Waals surface area (Å²) >= 11 is 0. The lowest BCUT2D eigenvalue weighted by Crippen LogP contribution is -2.23. The van der Waals surface area contributed by atoms with Gasteiger partial charge in [-0.15, -0.1) is 0 Å². The lowest BCUT2D eigenvalue weighted by molar-refractivity contribution is 0.0526. The first-order chi connectivity index (χ1) is 12.8. The van der Waals surface area contributed by atoms with Gasteiger partial charge in [-0.25, -0.2) is 14.8 Å². The van der Waals surface area contributed by atoms with Gasteiger partial charge >= 0.3 is 5.97 Å². The third kappa shape index (κ3) is 4.94. The lowest BCUT2D eigenvalue weighted by Gasteiger charge is -2.25. The molecule has 1 fully saturated rings. The highest BCUT2D eigenvalue weighted by Gasteiger charge is 2.16. The molecule has 3 rings (SSSR count). The Balaban J connectivity index is 1.78. The topological polar surface area (TPSA) is 76.1 Å². The summed E-state index contributed by atoms with van der Waals surface area (Å²) in [5.74, 6) is -0.304. The van der Waals surface area contributed by atoms with Crippen molar-refractivity contribution in [1.82, 2.24) is 9.97 Å². The van der Waals surface area contributed by atoms with E-state index in [0.29, 0.717) is 24.8 Å². The van der Waals surface area contributed by atoms with Gasteiger partial charge in [0.2, 0.25) is 0 Å². The highest BCUT2D eigenvalue weighted by molar-refractivity contribution is 5.92. The highest BCUT2D eigenvalue weighted by atomic mass is 16.5. The summed E-state index contributed by atoms with van der Waals surface area (Å²) in [7, 11) is 0. The van der Waals surface area contributed by atoms with E-state index in [0.717, 1.165) is 17.1 Å². The molecule has 6 heteroatoms. The number of nitrogens with zero attached hydrogens (tertiary/aromatic N) is 2. The number of aromatic nitrogens is 2. The number of carbonyl (C=O) groups is 1. The predicted octanol–water partition coefficient (Wildman–Crippen LogP) is 4.01. The van der Waals surface area contributed by atoms with E-state index in [2.05, 4.69) is 20.6 Å². The number of ether oxygens (including phenoxy) is 1. The van der Waals surface area contributed by atoms with Crippen LogP contribution in [-0.4, -0.2) is 28.6 Å². The van der Waals surface area contributed by atoms with E-state index in [1.165, 1.54) is 38.4 Å². The van der Waals surface area contributed by atoms with Crippen molar-refractivity contribution in [3.8, 4) is 0 Å². The second-order valence-corrected chi connectivity index (χ2v) is 6.51. The van der Waals surface area contributed by atoms with Gasteiger partial charge < -0.3 is 15.4 Å². The van der Waals surface area contributed by atoms with Crippen molar-refractivity contribution in [3.05, 3.63) is 48.0 Å². The van der Waals surface area contributed by atoms with Gasteiger partial charge in [-0.05, 0) is 44.0 Å². The molecule has 1 aromatic heterocycles. The first-order valence-electron chi connectivity index (χ1n) is 9.32. The zero-order valence-electron chi connectivity index (χ0n) is 15.2. The van der Waals surface area contributed by atoms with Crippen molar-refractivity contribution in [2.75, 3.05) is 17.2 Å². The minimum absolute atomic E-state index is 0.304. The normalized spacial score (nSPS) is 14.7. The monoisotopic (exact) mass is 354 g/mol. The molecule has 2 aromatic rings. The van der Waals surface area contributed by atoms with Gasteiger partial charge in [-0.3, -0.25) is 0 Å². The van der Waals surface area contributed by atoms with E-state index < -0.39 is 0 Å². The van der Waals surface area contributed by atoms with Gasteiger partial charge in [0.25, 0.3) is 0 Å². The predicted molar refractivity (Wildman–Crippen MR) is 102 cm³/mol. The Bertz CT molecular complexity index is 715. The maximum absolute atomic E-state index is 12.1. The third-order valence-corrected chi connectivity index (χ3v) is 4.60. The Kier molecular flexibility index (Phi) is 6.41. The van der Waals surface area contributed by atoms with Crippen LogP contribution in [0, 0.1) is 0 Å². The van der Waals surface area contributed by atoms with Crippen LogP contribution in [0.25, 0.3) is 0 Å². The number of hydrogen-bond donors (Lipinski definition) is 2. The first kappa shape index (κ1) is 18.2. The number of nitrogens with one attached hydrogen (secondary N) is 2. The molecule has 0 aliphatic heterocycles. The Labute approximate surface area is 154 Å². The number of anilines is 2. The van der Waals surface area contributed by atoms with Crippen LogP contribution in [0.2, 0.25) is 0 Å². The second kappa shape index (κ2) is 9.17. The summed E-state index contributed by atoms with van der Waals surface area (Å²) in [4.78, 5) is 20.3. The van der Waals surface area contributed by atoms with Crippen molar-refractivity contribution >= 4 is 17.3 Å². The number of rotatable bonds is 7. The molecule has 1 saturated carbocycles. The number of carbonyl (C=O) groups excluding carboxylic acids is 1. The van der Waals surface area contributed by atoms with Gasteiger partial charge in [0, 0.05) is 12.2 Å². The van der Waals surface area contributed by atoms with Crippen LogP contribution in [0.15, 0.2) is 36.8 Å². The lowest BCUT2D eigenvalue weighted by atomic mass is 9.95. The molecule has 1 aromatic carbocycles. The van der Waals surface area contributed by atoms with Crippen LogP contribution in [0.4, 0.5) is 11.4 Å². The largest absolute Gasteiger partial charge is 0.462 e. The SMILES string of the molecule is CCOC(=O)c1ccc(NC2CCCCC2)c(NCc2ccncn2)c1. The molecule has 2 N–H and O–H groups in total. The Hall–Kier alpha value is -2.63. The van der Waals surface area contributed by atoms with E-state index in [-0.39, 0.29) is 5.97 Å². The Morgan fingerprint density at radius 1 is 1.19 bits per heavy atom. The van der Waals surface area contributed by atoms with Crippen LogP contribution in [0.1, 0.15) is 55.1 Å². The average Bonchev–Trinajstić information content (AvgIpc) is 2.69. The minimum atomic E-state index is -0.304. The molecule has 1 aliphatic rings. The standard InChI is InChI=1S/C20H26N4O2/c1-2-26-20(25)15-8-9-18(24-16-6-4-3-5-7-16)19(12-15)22-13-17-10-11-21-14-23-17/h8-12,14,16,22,24H,2-7,13H2,1H3. The summed E-state index contributed by atoms with van der Waals surface area (Å²) in [6.45, 7) is 2.74. The molecule has 0 unspecified atom stereocenters. The molecular formula is C20H26N4O2. The van der Waals surface area contributed by atoms with Gasteiger partial charge in [0.1, 0.15) is 6.33 Å². The van der Waals surface area contributed by atoms with E-state index >= 15 is 0 Å². The van der Waals surface area contributed by atoms with Crippen LogP contribution >= 0.6 is 0 Å². The number of esters is 1. The molecule has 138 valence electrons. The summed E-state index contributed by atoms with van der Waals surface area (Å²) in [5, 5.41) is 7.03. The van der Waals surface area contributed by atoms with E-state index in [4.69, 9.17) is 4.74 Å². The van der Waals surface area contributed by atoms with Crippen molar-refractivity contribution in [1.29, 1.82) is 0 Å². The molecule has 0 amide bonds. The van der Waals surface area contributed by atoms with Crippen LogP contribution in [-0.2, 0) is 11.3 Å². The van der Waals surface area contributed by atoms with E-state index in [1.807, 2.05) is 31.2 Å². The molecule has 0 saturated heterocycles. The molecule has 6 nitrogen and oxygen atoms in total. The quantitative estimate of drug-likeness (QED) is 0.732. The summed E-state index contributed by atoms with van der Waals surface area (Å²) in [5.41, 5.74) is 3.34. The molecule has 0 bridgehead atoms. The molecule has 0 spiro atoms. The number of hydrogen-bond acceptors (Lipinski definition) is 6. The molecule has 26 heavy (non-hydrogen) atoms. The van der Waals surface area contributed by atoms with Crippen LogP contribution in [0.5, 0.6) is 0 Å². The third-order valence-electron chi connectivity index (χ3n) is 4.60. The van der Waals surface area contributed by atoms with Crippen molar-refractivity contribution in [2.45, 2.75) is 51.6 Å². The fourth-order valence-corrected chi connectivity index (χ4v) is 3.23. The Morgan fingerprint density at radius 2 is 2.04 bits per heavy atom. The van der Waals surface area contributed by atoms with Crippen molar-refractivity contribution in [3.63, 3.8) is 0 Å². The van der Waals surface area contributed by atoms with E-state index in [9.17, 15) is 4.79 Å². The van der Waals surface area contributed by atoms with Gasteiger partial charge in [0.05, 0.1) is 35.8 Å². The van der Waals surface area contributed by atoms with Gasteiger partial charge in [-0.1, -0.05) is 19.3 Å².